The monoisotopic (exact) mass is 586 g/mol. The van der Waals surface area contributed by atoms with Gasteiger partial charge in [0.1, 0.15) is 17.3 Å². The Morgan fingerprint density at radius 1 is 1.02 bits per heavy atom. The van der Waals surface area contributed by atoms with E-state index in [4.69, 9.17) is 0 Å². The van der Waals surface area contributed by atoms with E-state index in [2.05, 4.69) is 15.0 Å². The zero-order valence-electron chi connectivity index (χ0n) is 20.7. The lowest BCUT2D eigenvalue weighted by molar-refractivity contribution is -0.274. The van der Waals surface area contributed by atoms with Crippen molar-refractivity contribution in [3.63, 3.8) is 0 Å². The molecule has 4 rings (SSSR count). The lowest BCUT2D eigenvalue weighted by Gasteiger charge is -2.26. The Balaban J connectivity index is 1.89. The normalized spacial score (nSPS) is 13.8. The number of hydrogen-bond acceptors (Lipinski definition) is 7. The van der Waals surface area contributed by atoms with Crippen LogP contribution in [0.5, 0.6) is 5.75 Å². The van der Waals surface area contributed by atoms with E-state index in [1.807, 2.05) is 0 Å². The minimum absolute atomic E-state index is 0.0322. The molecule has 0 atom stereocenters. The molecule has 0 radical (unpaired) electrons. The molecule has 3 aromatic rings. The Kier molecular flexibility index (Phi) is 7.45. The van der Waals surface area contributed by atoms with Crippen LogP contribution in [0.3, 0.4) is 0 Å². The summed E-state index contributed by atoms with van der Waals surface area (Å²) in [6.45, 7) is -0.550. The van der Waals surface area contributed by atoms with Gasteiger partial charge in [-0.25, -0.2) is 13.4 Å². The molecule has 0 saturated heterocycles. The summed E-state index contributed by atoms with van der Waals surface area (Å²) in [5.41, 5.74) is -1.49. The average Bonchev–Trinajstić information content (AvgIpc) is 3.02. The standard InChI is InChI=1S/C25H20F6N4O4S/c1-34(2)13-12-20(36)18-4-3-5-19-22(18)35(14-15-6-11-21(24(26,27)28)33-23(15)32-19)40(37,38)17-9-7-16(8-10-17)39-25(29,30)31/h3-13H,14H2,1-2H3,(H,32,33). The molecule has 0 aliphatic carbocycles. The van der Waals surface area contributed by atoms with Gasteiger partial charge in [-0.05, 0) is 42.5 Å². The van der Waals surface area contributed by atoms with Crippen LogP contribution in [0.1, 0.15) is 21.6 Å². The van der Waals surface area contributed by atoms with Gasteiger partial charge in [-0.3, -0.25) is 9.10 Å². The van der Waals surface area contributed by atoms with Crippen LogP contribution >= 0.6 is 0 Å². The molecule has 40 heavy (non-hydrogen) atoms. The number of alkyl halides is 6. The molecular formula is C25H20F6N4O4S. The third-order valence-electron chi connectivity index (χ3n) is 5.56. The van der Waals surface area contributed by atoms with Crippen LogP contribution in [0, 0.1) is 0 Å². The average molecular weight is 587 g/mol. The van der Waals surface area contributed by atoms with E-state index in [0.717, 1.165) is 34.6 Å². The van der Waals surface area contributed by atoms with Gasteiger partial charge in [0.25, 0.3) is 10.0 Å². The number of sulfonamides is 1. The Labute approximate surface area is 224 Å². The van der Waals surface area contributed by atoms with E-state index in [1.165, 1.54) is 30.5 Å². The zero-order valence-corrected chi connectivity index (χ0v) is 21.5. The number of ketones is 1. The largest absolute Gasteiger partial charge is 0.573 e. The van der Waals surface area contributed by atoms with Crippen LogP contribution in [0.15, 0.2) is 71.8 Å². The zero-order chi connectivity index (χ0) is 29.5. The van der Waals surface area contributed by atoms with Gasteiger partial charge in [0.05, 0.1) is 22.8 Å². The molecule has 0 amide bonds. The lowest BCUT2D eigenvalue weighted by atomic mass is 10.1. The Morgan fingerprint density at radius 2 is 1.70 bits per heavy atom. The number of nitrogens with one attached hydrogen (secondary N) is 1. The highest BCUT2D eigenvalue weighted by Gasteiger charge is 2.37. The second-order valence-electron chi connectivity index (χ2n) is 8.70. The van der Waals surface area contributed by atoms with E-state index in [0.29, 0.717) is 6.07 Å². The number of nitrogens with zero attached hydrogens (tertiary/aromatic N) is 3. The number of rotatable bonds is 6. The van der Waals surface area contributed by atoms with Crippen molar-refractivity contribution in [3.8, 4) is 5.75 Å². The molecule has 1 aliphatic heterocycles. The molecule has 15 heteroatoms. The molecule has 1 aromatic heterocycles. The summed E-state index contributed by atoms with van der Waals surface area (Å²) < 4.78 is 110. The minimum Gasteiger partial charge on any atom is -0.406 e. The summed E-state index contributed by atoms with van der Waals surface area (Å²) in [4.78, 5) is 17.9. The number of carbonyl (C=O) groups is 1. The van der Waals surface area contributed by atoms with E-state index < -0.39 is 51.2 Å². The molecule has 0 fully saturated rings. The summed E-state index contributed by atoms with van der Waals surface area (Å²) in [7, 11) is -1.30. The number of hydrogen-bond donors (Lipinski definition) is 1. The van der Waals surface area contributed by atoms with Crippen LogP contribution in [0.2, 0.25) is 0 Å². The van der Waals surface area contributed by atoms with Gasteiger partial charge in [0, 0.05) is 37.5 Å². The molecule has 2 heterocycles. The highest BCUT2D eigenvalue weighted by Crippen LogP contribution is 2.42. The highest BCUT2D eigenvalue weighted by molar-refractivity contribution is 7.92. The molecule has 1 N–H and O–H groups in total. The summed E-state index contributed by atoms with van der Waals surface area (Å²) in [5, 5.41) is 2.72. The SMILES string of the molecule is CN(C)C=CC(=O)c1cccc2c1N(S(=O)(=O)c1ccc(OC(F)(F)F)cc1)Cc1ccc(C(F)(F)F)nc1N2. The predicted molar refractivity (Wildman–Crippen MR) is 133 cm³/mol. The first-order chi connectivity index (χ1) is 18.6. The lowest BCUT2D eigenvalue weighted by Crippen LogP contribution is -2.31. The quantitative estimate of drug-likeness (QED) is 0.225. The number of para-hydroxylation sites is 1. The Morgan fingerprint density at radius 3 is 2.30 bits per heavy atom. The topological polar surface area (TPSA) is 91.8 Å². The van der Waals surface area contributed by atoms with Gasteiger partial charge in [0.2, 0.25) is 0 Å². The van der Waals surface area contributed by atoms with Gasteiger partial charge >= 0.3 is 12.5 Å². The number of anilines is 3. The number of aromatic nitrogens is 1. The van der Waals surface area contributed by atoms with Gasteiger partial charge in [-0.15, -0.1) is 13.2 Å². The van der Waals surface area contributed by atoms with Crippen LogP contribution < -0.4 is 14.4 Å². The molecule has 0 spiro atoms. The summed E-state index contributed by atoms with van der Waals surface area (Å²) in [6, 6.07) is 9.25. The summed E-state index contributed by atoms with van der Waals surface area (Å²) in [5.74, 6) is -1.56. The number of pyridine rings is 1. The van der Waals surface area contributed by atoms with Gasteiger partial charge < -0.3 is 15.0 Å². The first-order valence-electron chi connectivity index (χ1n) is 11.3. The number of halogens is 6. The molecule has 8 nitrogen and oxygen atoms in total. The van der Waals surface area contributed by atoms with Crippen molar-refractivity contribution < 1.29 is 44.3 Å². The smallest absolute Gasteiger partial charge is 0.406 e. The molecule has 0 unspecified atom stereocenters. The van der Waals surface area contributed by atoms with Gasteiger partial charge in [-0.2, -0.15) is 13.2 Å². The number of ether oxygens (including phenoxy) is 1. The highest BCUT2D eigenvalue weighted by atomic mass is 32.2. The second-order valence-corrected chi connectivity index (χ2v) is 10.6. The van der Waals surface area contributed by atoms with Crippen molar-refractivity contribution in [3.05, 3.63) is 83.7 Å². The number of fused-ring (bicyclic) bond motifs is 2. The van der Waals surface area contributed by atoms with E-state index in [1.54, 1.807) is 19.0 Å². The van der Waals surface area contributed by atoms with Crippen molar-refractivity contribution in [1.82, 2.24) is 9.88 Å². The third-order valence-corrected chi connectivity index (χ3v) is 7.32. The summed E-state index contributed by atoms with van der Waals surface area (Å²) in [6.07, 6.45) is -7.18. The second kappa shape index (κ2) is 10.4. The first-order valence-corrected chi connectivity index (χ1v) is 12.7. The van der Waals surface area contributed by atoms with Crippen molar-refractivity contribution in [1.29, 1.82) is 0 Å². The van der Waals surface area contributed by atoms with Crippen molar-refractivity contribution in [2.75, 3.05) is 23.7 Å². The molecule has 0 bridgehead atoms. The van der Waals surface area contributed by atoms with E-state index >= 15 is 0 Å². The third kappa shape index (κ3) is 6.14. The number of benzene rings is 2. The summed E-state index contributed by atoms with van der Waals surface area (Å²) >= 11 is 0. The Hall–Kier alpha value is -4.27. The first kappa shape index (κ1) is 28.7. The van der Waals surface area contributed by atoms with Gasteiger partial charge in [-0.1, -0.05) is 12.1 Å². The molecule has 212 valence electrons. The van der Waals surface area contributed by atoms with Gasteiger partial charge in [0.15, 0.2) is 5.78 Å². The van der Waals surface area contributed by atoms with Crippen LogP contribution in [-0.4, -0.2) is 44.5 Å². The maximum Gasteiger partial charge on any atom is 0.573 e. The fourth-order valence-corrected chi connectivity index (χ4v) is 5.29. The van der Waals surface area contributed by atoms with E-state index in [-0.39, 0.29) is 28.3 Å². The fraction of sp³-hybridized carbons (Fsp3) is 0.200. The maximum absolute atomic E-state index is 13.9. The van der Waals surface area contributed by atoms with Crippen molar-refractivity contribution in [2.45, 2.75) is 24.0 Å². The van der Waals surface area contributed by atoms with Crippen molar-refractivity contribution in [2.24, 2.45) is 0 Å². The van der Waals surface area contributed by atoms with Crippen LogP contribution in [0.4, 0.5) is 43.5 Å². The number of allylic oxidation sites excluding steroid dienone is 1. The molecule has 2 aromatic carbocycles. The molecule has 0 saturated carbocycles. The van der Waals surface area contributed by atoms with Crippen molar-refractivity contribution >= 4 is 33.0 Å². The molecule has 1 aliphatic rings. The van der Waals surface area contributed by atoms with E-state index in [9.17, 15) is 39.6 Å². The molecular weight excluding hydrogens is 566 g/mol. The Bertz CT molecular complexity index is 1570. The van der Waals surface area contributed by atoms with Crippen LogP contribution in [0.25, 0.3) is 0 Å². The minimum atomic E-state index is -5.00. The maximum atomic E-state index is 13.9. The fourth-order valence-electron chi connectivity index (χ4n) is 3.81. The van der Waals surface area contributed by atoms with Crippen LogP contribution in [-0.2, 0) is 22.7 Å². The predicted octanol–water partition coefficient (Wildman–Crippen LogP) is 5.71. The number of carbonyl (C=O) groups excluding carboxylic acids is 1.